The highest BCUT2D eigenvalue weighted by atomic mass is 16.5. The van der Waals surface area contributed by atoms with E-state index in [1.54, 1.807) is 30.5 Å². The Morgan fingerprint density at radius 1 is 1.23 bits per heavy atom. The Morgan fingerprint density at radius 2 is 2.17 bits per heavy atom. The standard InChI is InChI=1S/C22H22N6O2/c1-27(12-16-5-2-3-9-23-16)22(29)15-7-8-19-18(11-15)20-21(26-25-19)24-14-28(20)13-17-6-4-10-30-17/h2-3,5,7-9,11,14,17H,4,6,10,12-13H2,1H3/t17-/m0/s1. The fourth-order valence-electron chi connectivity index (χ4n) is 3.94. The fourth-order valence-corrected chi connectivity index (χ4v) is 3.94. The number of hydrogen-bond acceptors (Lipinski definition) is 6. The zero-order valence-corrected chi connectivity index (χ0v) is 16.7. The van der Waals surface area contributed by atoms with Crippen LogP contribution in [-0.4, -0.2) is 55.3 Å². The molecule has 1 aliphatic heterocycles. The fraction of sp³-hybridized carbons (Fsp3) is 0.318. The quantitative estimate of drug-likeness (QED) is 0.510. The summed E-state index contributed by atoms with van der Waals surface area (Å²) in [6.45, 7) is 1.97. The Morgan fingerprint density at radius 3 is 2.97 bits per heavy atom. The van der Waals surface area contributed by atoms with Crippen LogP contribution in [0.25, 0.3) is 22.1 Å². The molecular formula is C22H22N6O2. The van der Waals surface area contributed by atoms with Gasteiger partial charge >= 0.3 is 0 Å². The third-order valence-electron chi connectivity index (χ3n) is 5.47. The minimum absolute atomic E-state index is 0.0716. The molecule has 5 rings (SSSR count). The van der Waals surface area contributed by atoms with Crippen molar-refractivity contribution in [1.29, 1.82) is 0 Å². The molecule has 1 aliphatic rings. The Labute approximate surface area is 173 Å². The third kappa shape index (κ3) is 3.50. The predicted octanol–water partition coefficient (Wildman–Crippen LogP) is 2.83. The van der Waals surface area contributed by atoms with Crippen LogP contribution in [0.3, 0.4) is 0 Å². The molecule has 0 spiro atoms. The van der Waals surface area contributed by atoms with Crippen LogP contribution in [0.1, 0.15) is 28.9 Å². The van der Waals surface area contributed by atoms with Crippen LogP contribution in [0, 0.1) is 0 Å². The number of carbonyl (C=O) groups is 1. The van der Waals surface area contributed by atoms with Crippen molar-refractivity contribution in [2.24, 2.45) is 0 Å². The van der Waals surface area contributed by atoms with Gasteiger partial charge in [-0.1, -0.05) is 6.07 Å². The molecule has 0 saturated carbocycles. The molecule has 8 heteroatoms. The maximum atomic E-state index is 13.1. The van der Waals surface area contributed by atoms with Gasteiger partial charge in [-0.05, 0) is 43.2 Å². The van der Waals surface area contributed by atoms with Crippen LogP contribution in [0.2, 0.25) is 0 Å². The van der Waals surface area contributed by atoms with Gasteiger partial charge in [-0.3, -0.25) is 9.78 Å². The zero-order chi connectivity index (χ0) is 20.5. The Bertz CT molecular complexity index is 1200. The lowest BCUT2D eigenvalue weighted by Gasteiger charge is -2.17. The number of rotatable bonds is 5. The van der Waals surface area contributed by atoms with Gasteiger partial charge in [-0.2, -0.15) is 0 Å². The molecule has 30 heavy (non-hydrogen) atoms. The normalized spacial score (nSPS) is 16.4. The summed E-state index contributed by atoms with van der Waals surface area (Å²) in [5, 5.41) is 9.39. The van der Waals surface area contributed by atoms with Gasteiger partial charge in [-0.25, -0.2) is 4.98 Å². The molecule has 0 N–H and O–H groups in total. The summed E-state index contributed by atoms with van der Waals surface area (Å²) in [5.41, 5.74) is 3.64. The second kappa shape index (κ2) is 7.79. The molecule has 3 aromatic heterocycles. The van der Waals surface area contributed by atoms with Crippen LogP contribution in [0.5, 0.6) is 0 Å². The first-order chi connectivity index (χ1) is 14.7. The summed E-state index contributed by atoms with van der Waals surface area (Å²) < 4.78 is 7.85. The summed E-state index contributed by atoms with van der Waals surface area (Å²) >= 11 is 0. The third-order valence-corrected chi connectivity index (χ3v) is 5.47. The molecule has 152 valence electrons. The molecule has 1 fully saturated rings. The largest absolute Gasteiger partial charge is 0.376 e. The Hall–Kier alpha value is -3.39. The number of aromatic nitrogens is 5. The van der Waals surface area contributed by atoms with Gasteiger partial charge in [0.15, 0.2) is 0 Å². The molecule has 1 atom stereocenters. The van der Waals surface area contributed by atoms with E-state index in [1.807, 2.05) is 30.3 Å². The molecule has 4 heterocycles. The number of amides is 1. The lowest BCUT2D eigenvalue weighted by atomic mass is 10.1. The van der Waals surface area contributed by atoms with Crippen molar-refractivity contribution in [3.63, 3.8) is 0 Å². The van der Waals surface area contributed by atoms with E-state index in [-0.39, 0.29) is 12.0 Å². The molecular weight excluding hydrogens is 380 g/mol. The lowest BCUT2D eigenvalue weighted by Crippen LogP contribution is -2.26. The lowest BCUT2D eigenvalue weighted by molar-refractivity contribution is 0.0783. The van der Waals surface area contributed by atoms with E-state index >= 15 is 0 Å². The Kier molecular flexibility index (Phi) is 4.84. The maximum absolute atomic E-state index is 13.1. The number of nitrogens with zero attached hydrogens (tertiary/aromatic N) is 6. The zero-order valence-electron chi connectivity index (χ0n) is 16.7. The van der Waals surface area contributed by atoms with Crippen LogP contribution >= 0.6 is 0 Å². The average molecular weight is 402 g/mol. The summed E-state index contributed by atoms with van der Waals surface area (Å²) in [7, 11) is 1.78. The molecule has 0 bridgehead atoms. The number of pyridine rings is 1. The van der Waals surface area contributed by atoms with Crippen molar-refractivity contribution < 1.29 is 9.53 Å². The predicted molar refractivity (Wildman–Crippen MR) is 112 cm³/mol. The van der Waals surface area contributed by atoms with E-state index in [9.17, 15) is 4.79 Å². The van der Waals surface area contributed by atoms with E-state index in [1.165, 1.54) is 0 Å². The van der Waals surface area contributed by atoms with E-state index < -0.39 is 0 Å². The first-order valence-corrected chi connectivity index (χ1v) is 10.1. The van der Waals surface area contributed by atoms with Crippen molar-refractivity contribution in [1.82, 2.24) is 29.6 Å². The molecule has 1 aromatic carbocycles. The van der Waals surface area contributed by atoms with Gasteiger partial charge in [0, 0.05) is 30.8 Å². The van der Waals surface area contributed by atoms with Crippen LogP contribution in [-0.2, 0) is 17.8 Å². The van der Waals surface area contributed by atoms with Crippen molar-refractivity contribution in [2.45, 2.75) is 32.0 Å². The van der Waals surface area contributed by atoms with Gasteiger partial charge < -0.3 is 14.2 Å². The van der Waals surface area contributed by atoms with Crippen molar-refractivity contribution in [3.05, 3.63) is 60.2 Å². The molecule has 0 radical (unpaired) electrons. The van der Waals surface area contributed by atoms with Crippen LogP contribution < -0.4 is 0 Å². The van der Waals surface area contributed by atoms with E-state index in [0.717, 1.165) is 48.1 Å². The number of carbonyl (C=O) groups excluding carboxylic acids is 1. The first kappa shape index (κ1) is 18.6. The number of fused-ring (bicyclic) bond motifs is 3. The molecule has 1 amide bonds. The Balaban J connectivity index is 1.49. The highest BCUT2D eigenvalue weighted by Crippen LogP contribution is 2.25. The summed E-state index contributed by atoms with van der Waals surface area (Å²) in [5.74, 6) is -0.0716. The smallest absolute Gasteiger partial charge is 0.253 e. The van der Waals surface area contributed by atoms with E-state index in [0.29, 0.717) is 17.8 Å². The van der Waals surface area contributed by atoms with Crippen molar-refractivity contribution in [2.75, 3.05) is 13.7 Å². The number of hydrogen-bond donors (Lipinski definition) is 0. The molecule has 0 aliphatic carbocycles. The summed E-state index contributed by atoms with van der Waals surface area (Å²) in [4.78, 5) is 23.4. The summed E-state index contributed by atoms with van der Waals surface area (Å²) in [6.07, 6.45) is 5.81. The molecule has 0 unspecified atom stereocenters. The highest BCUT2D eigenvalue weighted by molar-refractivity contribution is 6.05. The number of imidazole rings is 1. The maximum Gasteiger partial charge on any atom is 0.253 e. The van der Waals surface area contributed by atoms with Gasteiger partial charge in [0.2, 0.25) is 5.65 Å². The van der Waals surface area contributed by atoms with Crippen LogP contribution in [0.4, 0.5) is 0 Å². The minimum Gasteiger partial charge on any atom is -0.376 e. The van der Waals surface area contributed by atoms with E-state index in [2.05, 4.69) is 24.7 Å². The average Bonchev–Trinajstić information content (AvgIpc) is 3.44. The topological polar surface area (TPSA) is 86.0 Å². The van der Waals surface area contributed by atoms with Gasteiger partial charge in [-0.15, -0.1) is 10.2 Å². The van der Waals surface area contributed by atoms with E-state index in [4.69, 9.17) is 4.74 Å². The second-order valence-corrected chi connectivity index (χ2v) is 7.62. The SMILES string of the molecule is CN(Cc1ccccn1)C(=O)c1ccc2nnc3ncn(C[C@@H]4CCCO4)c3c2c1. The van der Waals surface area contributed by atoms with Gasteiger partial charge in [0.25, 0.3) is 5.91 Å². The second-order valence-electron chi connectivity index (χ2n) is 7.62. The monoisotopic (exact) mass is 402 g/mol. The first-order valence-electron chi connectivity index (χ1n) is 10.1. The molecule has 1 saturated heterocycles. The van der Waals surface area contributed by atoms with Gasteiger partial charge in [0.1, 0.15) is 0 Å². The molecule has 8 nitrogen and oxygen atoms in total. The van der Waals surface area contributed by atoms with Crippen molar-refractivity contribution >= 4 is 28.0 Å². The number of benzene rings is 1. The highest BCUT2D eigenvalue weighted by Gasteiger charge is 2.20. The van der Waals surface area contributed by atoms with Gasteiger partial charge in [0.05, 0.1) is 42.2 Å². The number of ether oxygens (including phenoxy) is 1. The minimum atomic E-state index is -0.0716. The van der Waals surface area contributed by atoms with Crippen molar-refractivity contribution in [3.8, 4) is 0 Å². The summed E-state index contributed by atoms with van der Waals surface area (Å²) in [6, 6.07) is 11.2. The van der Waals surface area contributed by atoms with Crippen LogP contribution in [0.15, 0.2) is 48.9 Å². The molecule has 4 aromatic rings.